The number of nitrogens with zero attached hydrogens (tertiary/aromatic N) is 2. The number of piperazine rings is 1. The summed E-state index contributed by atoms with van der Waals surface area (Å²) in [6.45, 7) is 5.49. The summed E-state index contributed by atoms with van der Waals surface area (Å²) in [5.74, 6) is 1.24. The van der Waals surface area contributed by atoms with Crippen molar-refractivity contribution in [2.75, 3.05) is 33.2 Å². The molecule has 1 saturated heterocycles. The highest BCUT2D eigenvalue weighted by Crippen LogP contribution is 2.13. The van der Waals surface area contributed by atoms with Crippen molar-refractivity contribution >= 4 is 17.2 Å². The largest absolute Gasteiger partial charge is 0.290 e. The molecule has 110 valence electrons. The molecule has 0 aliphatic carbocycles. The van der Waals surface area contributed by atoms with Crippen LogP contribution in [0.4, 0.5) is 0 Å². The standard InChI is InChI=1S/C17H21N3S/c1-18-17(15-6-3-2-4-7-15)20-11-9-19(10-12-20)14-16-8-5-13-21-16/h2-8,13H,9-12,14H2,1H3/p+1. The van der Waals surface area contributed by atoms with Crippen LogP contribution in [0.25, 0.3) is 0 Å². The molecule has 3 rings (SSSR count). The van der Waals surface area contributed by atoms with Gasteiger partial charge in [-0.1, -0.05) is 24.3 Å². The normalized spacial score (nSPS) is 16.0. The van der Waals surface area contributed by atoms with E-state index in [0.29, 0.717) is 0 Å². The molecular formula is C17H22N3S+. The van der Waals surface area contributed by atoms with Gasteiger partial charge in [0, 0.05) is 24.5 Å². The number of hydrogen-bond acceptors (Lipinski definition) is 2. The molecule has 4 heteroatoms. The van der Waals surface area contributed by atoms with E-state index in [2.05, 4.69) is 62.6 Å². The minimum absolute atomic E-state index is 1.08. The molecule has 21 heavy (non-hydrogen) atoms. The zero-order valence-electron chi connectivity index (χ0n) is 12.5. The highest BCUT2D eigenvalue weighted by molar-refractivity contribution is 7.09. The van der Waals surface area contributed by atoms with Gasteiger partial charge in [0.1, 0.15) is 0 Å². The zero-order chi connectivity index (χ0) is 14.5. The fourth-order valence-corrected chi connectivity index (χ4v) is 3.58. The lowest BCUT2D eigenvalue weighted by molar-refractivity contribution is -0.541. The van der Waals surface area contributed by atoms with Gasteiger partial charge in [0.15, 0.2) is 0 Å². The van der Waals surface area contributed by atoms with E-state index >= 15 is 0 Å². The zero-order valence-corrected chi connectivity index (χ0v) is 13.3. The molecule has 0 atom stereocenters. The number of thiophene rings is 1. The average molecular weight is 300 g/mol. The molecule has 0 unspecified atom stereocenters. The Morgan fingerprint density at radius 2 is 1.90 bits per heavy atom. The monoisotopic (exact) mass is 300 g/mol. The van der Waals surface area contributed by atoms with Crippen molar-refractivity contribution in [1.82, 2.24) is 10.2 Å². The van der Waals surface area contributed by atoms with Crippen molar-refractivity contribution in [3.63, 3.8) is 0 Å². The Morgan fingerprint density at radius 3 is 2.52 bits per heavy atom. The maximum atomic E-state index is 3.37. The Labute approximate surface area is 130 Å². The van der Waals surface area contributed by atoms with Gasteiger partial charge in [-0.15, -0.1) is 11.3 Å². The highest BCUT2D eigenvalue weighted by atomic mass is 32.1. The van der Waals surface area contributed by atoms with E-state index in [4.69, 9.17) is 0 Å². The van der Waals surface area contributed by atoms with Crippen molar-refractivity contribution in [1.29, 1.82) is 0 Å². The summed E-state index contributed by atoms with van der Waals surface area (Å²) >= 11 is 1.85. The number of hydrogen-bond donors (Lipinski definition) is 1. The Kier molecular flexibility index (Phi) is 4.68. The Hall–Kier alpha value is -1.65. The second kappa shape index (κ2) is 6.87. The lowest BCUT2D eigenvalue weighted by atomic mass is 10.2. The topological polar surface area (TPSA) is 18.3 Å². The van der Waals surface area contributed by atoms with Crippen LogP contribution in [0.15, 0.2) is 47.8 Å². The predicted molar refractivity (Wildman–Crippen MR) is 89.2 cm³/mol. The molecule has 0 spiro atoms. The first kappa shape index (κ1) is 14.3. The summed E-state index contributed by atoms with van der Waals surface area (Å²) in [6, 6.07) is 15.0. The van der Waals surface area contributed by atoms with Crippen LogP contribution >= 0.6 is 11.3 Å². The summed E-state index contributed by atoms with van der Waals surface area (Å²) in [5, 5.41) is 5.54. The Morgan fingerprint density at radius 1 is 1.14 bits per heavy atom. The first-order valence-corrected chi connectivity index (χ1v) is 8.34. The third kappa shape index (κ3) is 3.52. The van der Waals surface area contributed by atoms with Crippen LogP contribution in [0, 0.1) is 0 Å². The molecule has 3 nitrogen and oxygen atoms in total. The number of benzene rings is 1. The first-order valence-electron chi connectivity index (χ1n) is 7.46. The van der Waals surface area contributed by atoms with Crippen molar-refractivity contribution in [2.24, 2.45) is 0 Å². The van der Waals surface area contributed by atoms with Gasteiger partial charge in [-0.3, -0.25) is 14.8 Å². The van der Waals surface area contributed by atoms with Crippen molar-refractivity contribution in [3.8, 4) is 0 Å². The predicted octanol–water partition coefficient (Wildman–Crippen LogP) is 2.24. The lowest BCUT2D eigenvalue weighted by Gasteiger charge is -2.27. The quantitative estimate of drug-likeness (QED) is 0.692. The van der Waals surface area contributed by atoms with Crippen LogP contribution in [0.2, 0.25) is 0 Å². The number of rotatable bonds is 3. The van der Waals surface area contributed by atoms with Crippen LogP contribution in [-0.2, 0) is 6.54 Å². The maximum absolute atomic E-state index is 3.37. The van der Waals surface area contributed by atoms with E-state index in [9.17, 15) is 0 Å². The van der Waals surface area contributed by atoms with Gasteiger partial charge >= 0.3 is 0 Å². The third-order valence-electron chi connectivity index (χ3n) is 3.93. The molecule has 0 radical (unpaired) electrons. The summed E-state index contributed by atoms with van der Waals surface area (Å²) in [6.07, 6.45) is 0. The molecule has 0 saturated carbocycles. The van der Waals surface area contributed by atoms with Crippen LogP contribution < -0.4 is 5.32 Å². The molecule has 0 amide bonds. The van der Waals surface area contributed by atoms with Crippen LogP contribution in [0.1, 0.15) is 10.4 Å². The van der Waals surface area contributed by atoms with Gasteiger partial charge in [-0.2, -0.15) is 0 Å². The SMILES string of the molecule is CNC(c1ccccc1)=[N+]1CCN(Cc2cccs2)CC1. The molecule has 2 heterocycles. The molecule has 1 fully saturated rings. The van der Waals surface area contributed by atoms with Crippen LogP contribution in [0.3, 0.4) is 0 Å². The molecule has 1 aliphatic rings. The second-order valence-electron chi connectivity index (χ2n) is 5.31. The Bertz CT molecular complexity index is 580. The minimum atomic E-state index is 1.08. The minimum Gasteiger partial charge on any atom is -0.290 e. The van der Waals surface area contributed by atoms with Crippen molar-refractivity contribution in [3.05, 3.63) is 58.3 Å². The van der Waals surface area contributed by atoms with Crippen molar-refractivity contribution in [2.45, 2.75) is 6.54 Å². The molecule has 0 bridgehead atoms. The summed E-state index contributed by atoms with van der Waals surface area (Å²) in [7, 11) is 2.01. The van der Waals surface area contributed by atoms with Gasteiger partial charge in [-0.25, -0.2) is 0 Å². The third-order valence-corrected chi connectivity index (χ3v) is 4.79. The second-order valence-corrected chi connectivity index (χ2v) is 6.34. The summed E-state index contributed by atoms with van der Waals surface area (Å²) in [5.41, 5.74) is 1.27. The van der Waals surface area contributed by atoms with E-state index < -0.39 is 0 Å². The number of amidine groups is 1. The molecule has 1 N–H and O–H groups in total. The van der Waals surface area contributed by atoms with Gasteiger partial charge in [0.2, 0.25) is 0 Å². The van der Waals surface area contributed by atoms with Crippen LogP contribution in [0.5, 0.6) is 0 Å². The van der Waals surface area contributed by atoms with E-state index in [-0.39, 0.29) is 0 Å². The molecule has 1 aliphatic heterocycles. The molecule has 1 aromatic heterocycles. The summed E-state index contributed by atoms with van der Waals surface area (Å²) in [4.78, 5) is 4.00. The smallest absolute Gasteiger partial charge is 0.276 e. The van der Waals surface area contributed by atoms with Gasteiger partial charge in [0.25, 0.3) is 5.84 Å². The van der Waals surface area contributed by atoms with Crippen LogP contribution in [-0.4, -0.2) is 48.5 Å². The fourth-order valence-electron chi connectivity index (χ4n) is 2.83. The average Bonchev–Trinajstić information content (AvgIpc) is 3.04. The van der Waals surface area contributed by atoms with E-state index in [1.807, 2.05) is 18.4 Å². The molecule has 1 aromatic carbocycles. The van der Waals surface area contributed by atoms with E-state index in [1.165, 1.54) is 16.3 Å². The van der Waals surface area contributed by atoms with Gasteiger partial charge in [-0.05, 0) is 23.6 Å². The lowest BCUT2D eigenvalue weighted by Crippen LogP contribution is -2.46. The Balaban J connectivity index is 1.67. The summed E-state index contributed by atoms with van der Waals surface area (Å²) < 4.78 is 2.46. The molecular weight excluding hydrogens is 278 g/mol. The van der Waals surface area contributed by atoms with Gasteiger partial charge < -0.3 is 0 Å². The highest BCUT2D eigenvalue weighted by Gasteiger charge is 2.21. The fraction of sp³-hybridized carbons (Fsp3) is 0.353. The van der Waals surface area contributed by atoms with E-state index in [1.54, 1.807) is 0 Å². The van der Waals surface area contributed by atoms with Crippen molar-refractivity contribution < 1.29 is 4.58 Å². The first-order chi connectivity index (χ1) is 10.4. The molecule has 2 aromatic rings. The number of nitrogens with one attached hydrogen (secondary N) is 1. The van der Waals surface area contributed by atoms with E-state index in [0.717, 1.165) is 32.7 Å². The van der Waals surface area contributed by atoms with Gasteiger partial charge in [0.05, 0.1) is 25.7 Å². The maximum Gasteiger partial charge on any atom is 0.276 e.